The van der Waals surface area contributed by atoms with Crippen molar-refractivity contribution in [1.29, 1.82) is 0 Å². The number of benzene rings is 2. The quantitative estimate of drug-likeness (QED) is 0.282. The Hall–Kier alpha value is -3.77. The Morgan fingerprint density at radius 2 is 1.84 bits per heavy atom. The molecule has 37 heavy (non-hydrogen) atoms. The fourth-order valence-electron chi connectivity index (χ4n) is 4.16. The normalized spacial score (nSPS) is 13.2. The van der Waals surface area contributed by atoms with Gasteiger partial charge in [-0.3, -0.25) is 9.59 Å². The van der Waals surface area contributed by atoms with Crippen molar-refractivity contribution in [2.75, 3.05) is 30.4 Å². The van der Waals surface area contributed by atoms with Gasteiger partial charge in [-0.1, -0.05) is 23.7 Å². The molecule has 0 spiro atoms. The summed E-state index contributed by atoms with van der Waals surface area (Å²) in [4.78, 5) is 35.0. The molecule has 12 heteroatoms. The van der Waals surface area contributed by atoms with Crippen molar-refractivity contribution in [3.8, 4) is 5.75 Å². The number of methoxy groups -OCH3 is 1. The molecule has 194 valence electrons. The van der Waals surface area contributed by atoms with E-state index >= 15 is 0 Å². The number of halogens is 1. The van der Waals surface area contributed by atoms with E-state index in [0.29, 0.717) is 29.3 Å². The summed E-state index contributed by atoms with van der Waals surface area (Å²) in [7, 11) is 1.33. The van der Waals surface area contributed by atoms with E-state index in [2.05, 4.69) is 15.3 Å². The molecule has 1 saturated heterocycles. The van der Waals surface area contributed by atoms with E-state index in [1.807, 2.05) is 4.90 Å². The molecule has 0 radical (unpaired) electrons. The molecule has 4 rings (SSSR count). The zero-order valence-electron chi connectivity index (χ0n) is 20.0. The SMILES string of the molecule is COc1ccc(C(=O)Nc2ccc(Cc3nc(Cl)c(CC(=O)O)c(N4CCCC4)n3)cc2)cc1[NH+]([O-])[O-]. The number of hydrogen-bond acceptors (Lipinski definition) is 8. The highest BCUT2D eigenvalue weighted by Crippen LogP contribution is 2.29. The van der Waals surface area contributed by atoms with E-state index < -0.39 is 17.1 Å². The summed E-state index contributed by atoms with van der Waals surface area (Å²) in [5.41, 5.74) is 1.71. The second-order valence-corrected chi connectivity index (χ2v) is 8.89. The fraction of sp³-hybridized carbons (Fsp3) is 0.280. The van der Waals surface area contributed by atoms with Crippen LogP contribution in [0.2, 0.25) is 5.15 Å². The van der Waals surface area contributed by atoms with Gasteiger partial charge < -0.3 is 35.7 Å². The highest BCUT2D eigenvalue weighted by Gasteiger charge is 2.23. The Labute approximate surface area is 217 Å². The number of amides is 1. The second-order valence-electron chi connectivity index (χ2n) is 8.53. The second kappa shape index (κ2) is 11.5. The average molecular weight is 527 g/mol. The zero-order valence-corrected chi connectivity index (χ0v) is 20.7. The first-order valence-electron chi connectivity index (χ1n) is 11.6. The number of anilines is 2. The van der Waals surface area contributed by atoms with Gasteiger partial charge in [0.2, 0.25) is 0 Å². The summed E-state index contributed by atoms with van der Waals surface area (Å²) in [5, 5.41) is 33.3. The van der Waals surface area contributed by atoms with Gasteiger partial charge in [-0.2, -0.15) is 0 Å². The third-order valence-corrected chi connectivity index (χ3v) is 6.28. The Morgan fingerprint density at radius 3 is 2.46 bits per heavy atom. The van der Waals surface area contributed by atoms with Crippen LogP contribution in [-0.2, 0) is 17.6 Å². The Balaban J connectivity index is 1.49. The first kappa shape index (κ1) is 26.3. The number of carboxylic acids is 1. The van der Waals surface area contributed by atoms with Crippen LogP contribution in [0, 0.1) is 10.4 Å². The van der Waals surface area contributed by atoms with E-state index in [1.165, 1.54) is 25.3 Å². The molecule has 0 saturated carbocycles. The van der Waals surface area contributed by atoms with Crippen molar-refractivity contribution in [1.82, 2.24) is 9.97 Å². The first-order chi connectivity index (χ1) is 17.7. The van der Waals surface area contributed by atoms with Crippen molar-refractivity contribution in [3.63, 3.8) is 0 Å². The average Bonchev–Trinajstić information content (AvgIpc) is 3.41. The number of carbonyl (C=O) groups excluding carboxylic acids is 1. The Bertz CT molecular complexity index is 1300. The number of hydrogen-bond donors (Lipinski definition) is 3. The molecular weight excluding hydrogens is 502 g/mol. The maximum Gasteiger partial charge on any atom is 0.308 e. The van der Waals surface area contributed by atoms with Crippen molar-refractivity contribution < 1.29 is 24.7 Å². The van der Waals surface area contributed by atoms with Gasteiger partial charge in [0, 0.05) is 42.4 Å². The topological polar surface area (TPSA) is 155 Å². The van der Waals surface area contributed by atoms with Crippen LogP contribution in [0.1, 0.15) is 40.2 Å². The molecule has 0 aliphatic carbocycles. The third kappa shape index (κ3) is 6.33. The lowest BCUT2D eigenvalue weighted by Crippen LogP contribution is -2.96. The minimum atomic E-state index is -1.44. The van der Waals surface area contributed by atoms with Gasteiger partial charge in [0.05, 0.1) is 13.5 Å². The van der Waals surface area contributed by atoms with Crippen LogP contribution >= 0.6 is 11.6 Å². The molecule has 0 unspecified atom stereocenters. The van der Waals surface area contributed by atoms with Crippen LogP contribution in [0.4, 0.5) is 17.2 Å². The van der Waals surface area contributed by atoms with Crippen molar-refractivity contribution >= 4 is 40.7 Å². The number of aliphatic carboxylic acids is 1. The number of quaternary nitrogens is 1. The number of carbonyl (C=O) groups is 2. The Kier molecular flexibility index (Phi) is 8.19. The van der Waals surface area contributed by atoms with Gasteiger partial charge in [-0.25, -0.2) is 9.97 Å². The molecule has 1 fully saturated rings. The van der Waals surface area contributed by atoms with Gasteiger partial charge >= 0.3 is 5.97 Å². The van der Waals surface area contributed by atoms with Crippen LogP contribution in [0.5, 0.6) is 5.75 Å². The predicted molar refractivity (Wildman–Crippen MR) is 137 cm³/mol. The van der Waals surface area contributed by atoms with Crippen LogP contribution in [0.3, 0.4) is 0 Å². The van der Waals surface area contributed by atoms with Crippen molar-refractivity contribution in [2.45, 2.75) is 25.7 Å². The van der Waals surface area contributed by atoms with E-state index in [9.17, 15) is 25.1 Å². The summed E-state index contributed by atoms with van der Waals surface area (Å²) < 4.78 is 4.99. The first-order valence-corrected chi connectivity index (χ1v) is 11.9. The highest BCUT2D eigenvalue weighted by molar-refractivity contribution is 6.30. The van der Waals surface area contributed by atoms with Crippen molar-refractivity contribution in [2.24, 2.45) is 0 Å². The monoisotopic (exact) mass is 526 g/mol. The molecule has 0 bridgehead atoms. The molecule has 11 nitrogen and oxygen atoms in total. The number of carboxylic acid groups (broad SMARTS) is 1. The van der Waals surface area contributed by atoms with E-state index in [4.69, 9.17) is 16.3 Å². The lowest BCUT2D eigenvalue weighted by molar-refractivity contribution is -0.715. The van der Waals surface area contributed by atoms with Crippen LogP contribution in [0.15, 0.2) is 42.5 Å². The molecule has 3 aromatic rings. The molecule has 3 N–H and O–H groups in total. The van der Waals surface area contributed by atoms with E-state index in [1.54, 1.807) is 24.3 Å². The molecule has 0 atom stereocenters. The minimum Gasteiger partial charge on any atom is -0.628 e. The fourth-order valence-corrected chi connectivity index (χ4v) is 4.41. The van der Waals surface area contributed by atoms with Gasteiger partial charge in [0.15, 0.2) is 11.4 Å². The summed E-state index contributed by atoms with van der Waals surface area (Å²) in [6, 6.07) is 11.1. The molecule has 1 aliphatic heterocycles. The van der Waals surface area contributed by atoms with E-state index in [-0.39, 0.29) is 28.6 Å². The van der Waals surface area contributed by atoms with Crippen LogP contribution in [0.25, 0.3) is 0 Å². The zero-order chi connectivity index (χ0) is 26.5. The number of ether oxygens (including phenoxy) is 1. The smallest absolute Gasteiger partial charge is 0.308 e. The standard InChI is InChI=1S/C25H25ClN5O6/c1-37-20-9-6-16(13-19(20)31(35)36)25(34)27-17-7-4-15(5-8-17)12-21-28-23(26)18(14-22(32)33)24(29-21)30-10-2-3-11-30/h4-9,13,31H,2-3,10-12,14H2,1H3,(H,27,34)(H,32,33)/q-1. The number of rotatable bonds is 9. The van der Waals surface area contributed by atoms with Gasteiger partial charge in [-0.05, 0) is 42.7 Å². The lowest BCUT2D eigenvalue weighted by Gasteiger charge is -2.26. The molecular formula is C25H25ClN5O6-. The van der Waals surface area contributed by atoms with Gasteiger partial charge in [0.25, 0.3) is 5.91 Å². The maximum absolute atomic E-state index is 12.6. The number of nitrogens with one attached hydrogen (secondary N) is 2. The molecule has 1 aliphatic rings. The minimum absolute atomic E-state index is 0.104. The summed E-state index contributed by atoms with van der Waals surface area (Å²) >= 11 is 6.38. The molecule has 2 aromatic carbocycles. The van der Waals surface area contributed by atoms with E-state index in [0.717, 1.165) is 31.5 Å². The van der Waals surface area contributed by atoms with Crippen molar-refractivity contribution in [3.05, 3.63) is 80.5 Å². The maximum atomic E-state index is 12.6. The largest absolute Gasteiger partial charge is 0.628 e. The Morgan fingerprint density at radius 1 is 1.14 bits per heavy atom. The van der Waals surface area contributed by atoms with Gasteiger partial charge in [0.1, 0.15) is 16.8 Å². The molecule has 1 amide bonds. The number of nitrogens with zero attached hydrogens (tertiary/aromatic N) is 3. The lowest BCUT2D eigenvalue weighted by atomic mass is 10.1. The summed E-state index contributed by atoms with van der Waals surface area (Å²) in [6.07, 6.45) is 2.11. The van der Waals surface area contributed by atoms with Gasteiger partial charge in [-0.15, -0.1) is 0 Å². The summed E-state index contributed by atoms with van der Waals surface area (Å²) in [5.74, 6) is -0.355. The molecule has 2 heterocycles. The van der Waals surface area contributed by atoms with Crippen LogP contribution < -0.4 is 20.2 Å². The number of aromatic nitrogens is 2. The molecule has 1 aromatic heterocycles. The highest BCUT2D eigenvalue weighted by atomic mass is 35.5. The third-order valence-electron chi connectivity index (χ3n) is 5.97. The summed E-state index contributed by atoms with van der Waals surface area (Å²) in [6.45, 7) is 1.57. The predicted octanol–water partition coefficient (Wildman–Crippen LogP) is 2.72. The van der Waals surface area contributed by atoms with Crippen LogP contribution in [-0.4, -0.2) is 47.2 Å².